The van der Waals surface area contributed by atoms with Crippen LogP contribution in [0, 0.1) is 6.92 Å². The van der Waals surface area contributed by atoms with Gasteiger partial charge in [-0.25, -0.2) is 9.78 Å². The van der Waals surface area contributed by atoms with E-state index in [2.05, 4.69) is 4.98 Å². The molecule has 112 valence electrons. The Morgan fingerprint density at radius 1 is 1.36 bits per heavy atom. The van der Waals surface area contributed by atoms with E-state index < -0.39 is 5.97 Å². The second-order valence-electron chi connectivity index (χ2n) is 4.85. The van der Waals surface area contributed by atoms with Crippen LogP contribution in [0.1, 0.15) is 20.8 Å². The number of carboxylic acids is 1. The van der Waals surface area contributed by atoms with Crippen molar-refractivity contribution in [3.8, 4) is 0 Å². The summed E-state index contributed by atoms with van der Waals surface area (Å²) in [5, 5.41) is 10.2. The Balaban J connectivity index is 2.10. The minimum atomic E-state index is -1.04. The van der Waals surface area contributed by atoms with Crippen molar-refractivity contribution >= 4 is 39.1 Å². The lowest BCUT2D eigenvalue weighted by molar-refractivity contribution is 0.0701. The van der Waals surface area contributed by atoms with E-state index in [-0.39, 0.29) is 10.4 Å². The van der Waals surface area contributed by atoms with Crippen molar-refractivity contribution in [3.63, 3.8) is 0 Å². The lowest BCUT2D eigenvalue weighted by atomic mass is 10.2. The third-order valence-corrected chi connectivity index (χ3v) is 4.82. The van der Waals surface area contributed by atoms with Gasteiger partial charge < -0.3 is 5.11 Å². The summed E-state index contributed by atoms with van der Waals surface area (Å²) in [5.74, 6) is -1.04. The van der Waals surface area contributed by atoms with Crippen molar-refractivity contribution in [3.05, 3.63) is 62.0 Å². The van der Waals surface area contributed by atoms with Crippen LogP contribution in [0.2, 0.25) is 5.02 Å². The lowest BCUT2D eigenvalue weighted by Gasteiger charge is -2.05. The van der Waals surface area contributed by atoms with E-state index in [1.54, 1.807) is 19.1 Å². The summed E-state index contributed by atoms with van der Waals surface area (Å²) in [6.07, 6.45) is 1.45. The summed E-state index contributed by atoms with van der Waals surface area (Å²) >= 11 is 6.86. The van der Waals surface area contributed by atoms with Crippen LogP contribution in [-0.4, -0.2) is 20.6 Å². The molecule has 0 fully saturated rings. The lowest BCUT2D eigenvalue weighted by Crippen LogP contribution is -2.21. The number of aromatic carboxylic acids is 1. The van der Waals surface area contributed by atoms with E-state index >= 15 is 0 Å². The Labute approximate surface area is 134 Å². The van der Waals surface area contributed by atoms with Gasteiger partial charge in [-0.3, -0.25) is 9.36 Å². The van der Waals surface area contributed by atoms with E-state index in [0.717, 1.165) is 16.9 Å². The largest absolute Gasteiger partial charge is 0.477 e. The normalized spacial score (nSPS) is 11.0. The van der Waals surface area contributed by atoms with E-state index in [4.69, 9.17) is 16.7 Å². The predicted octanol–water partition coefficient (Wildman–Crippen LogP) is 3.17. The fourth-order valence-electron chi connectivity index (χ4n) is 2.26. The Bertz CT molecular complexity index is 928. The van der Waals surface area contributed by atoms with Crippen molar-refractivity contribution < 1.29 is 9.90 Å². The first kappa shape index (κ1) is 14.7. The molecule has 0 saturated heterocycles. The van der Waals surface area contributed by atoms with Gasteiger partial charge in [-0.2, -0.15) is 0 Å². The zero-order valence-electron chi connectivity index (χ0n) is 11.5. The van der Waals surface area contributed by atoms with Crippen LogP contribution in [-0.2, 0) is 6.54 Å². The molecule has 7 heteroatoms. The molecule has 1 aromatic carbocycles. The number of halogens is 1. The Morgan fingerprint density at radius 3 is 2.68 bits per heavy atom. The van der Waals surface area contributed by atoms with Gasteiger partial charge >= 0.3 is 5.97 Å². The van der Waals surface area contributed by atoms with Crippen molar-refractivity contribution in [1.29, 1.82) is 0 Å². The monoisotopic (exact) mass is 334 g/mol. The van der Waals surface area contributed by atoms with Crippen LogP contribution < -0.4 is 5.56 Å². The quantitative estimate of drug-likeness (QED) is 0.798. The maximum Gasteiger partial charge on any atom is 0.346 e. The summed E-state index contributed by atoms with van der Waals surface area (Å²) in [6.45, 7) is 1.99. The predicted molar refractivity (Wildman–Crippen MR) is 86.1 cm³/mol. The number of benzene rings is 1. The maximum absolute atomic E-state index is 12.6. The highest BCUT2D eigenvalue weighted by atomic mass is 35.5. The van der Waals surface area contributed by atoms with Gasteiger partial charge in [0.1, 0.15) is 9.71 Å². The van der Waals surface area contributed by atoms with Crippen LogP contribution in [0.4, 0.5) is 0 Å². The summed E-state index contributed by atoms with van der Waals surface area (Å²) in [4.78, 5) is 28.6. The Hall–Kier alpha value is -2.18. The zero-order chi connectivity index (χ0) is 15.9. The number of carbonyl (C=O) groups is 1. The average Bonchev–Trinajstić information content (AvgIpc) is 2.82. The molecule has 0 atom stereocenters. The van der Waals surface area contributed by atoms with Gasteiger partial charge in [-0.05, 0) is 30.2 Å². The highest BCUT2D eigenvalue weighted by Crippen LogP contribution is 2.26. The molecule has 0 aliphatic heterocycles. The van der Waals surface area contributed by atoms with Crippen molar-refractivity contribution in [1.82, 2.24) is 9.55 Å². The number of hydrogen-bond acceptors (Lipinski definition) is 4. The van der Waals surface area contributed by atoms with Gasteiger partial charge in [0.25, 0.3) is 5.56 Å². The molecule has 0 spiro atoms. The molecular formula is C15H11ClN2O3S. The molecule has 0 unspecified atom stereocenters. The maximum atomic E-state index is 12.6. The average molecular weight is 335 g/mol. The van der Waals surface area contributed by atoms with Gasteiger partial charge in [0.15, 0.2) is 0 Å². The highest BCUT2D eigenvalue weighted by Gasteiger charge is 2.18. The fourth-order valence-corrected chi connectivity index (χ4v) is 3.37. The van der Waals surface area contributed by atoms with E-state index in [1.165, 1.54) is 10.9 Å². The van der Waals surface area contributed by atoms with Crippen LogP contribution >= 0.6 is 22.9 Å². The molecular weight excluding hydrogens is 324 g/mol. The third-order valence-electron chi connectivity index (χ3n) is 3.38. The van der Waals surface area contributed by atoms with Gasteiger partial charge in [-0.15, -0.1) is 11.3 Å². The molecule has 0 bridgehead atoms. The fraction of sp³-hybridized carbons (Fsp3) is 0.133. The molecule has 1 N–H and O–H groups in total. The molecule has 0 aliphatic carbocycles. The smallest absolute Gasteiger partial charge is 0.346 e. The first-order valence-electron chi connectivity index (χ1n) is 6.43. The molecule has 0 radical (unpaired) electrons. The van der Waals surface area contributed by atoms with Crippen molar-refractivity contribution in [2.75, 3.05) is 0 Å². The molecule has 3 rings (SSSR count). The minimum absolute atomic E-state index is 0.156. The number of rotatable bonds is 3. The van der Waals surface area contributed by atoms with E-state index in [1.807, 2.05) is 12.1 Å². The van der Waals surface area contributed by atoms with Crippen molar-refractivity contribution in [2.45, 2.75) is 13.5 Å². The summed E-state index contributed by atoms with van der Waals surface area (Å²) in [7, 11) is 0. The standard InChI is InChI=1S/C15H11ClN2O3S/c1-8-11-13(22-12(8)15(20)21)17-7-18(14(11)19)6-9-2-4-10(16)5-3-9/h2-5,7H,6H2,1H3,(H,20,21). The number of aryl methyl sites for hydroxylation is 1. The first-order valence-corrected chi connectivity index (χ1v) is 7.63. The molecule has 2 heterocycles. The van der Waals surface area contributed by atoms with Crippen LogP contribution in [0.3, 0.4) is 0 Å². The van der Waals surface area contributed by atoms with Gasteiger partial charge in [0.05, 0.1) is 18.3 Å². The number of nitrogens with zero attached hydrogens (tertiary/aromatic N) is 2. The first-order chi connectivity index (χ1) is 10.5. The summed E-state index contributed by atoms with van der Waals surface area (Å²) < 4.78 is 1.47. The summed E-state index contributed by atoms with van der Waals surface area (Å²) in [6, 6.07) is 7.18. The van der Waals surface area contributed by atoms with Crippen LogP contribution in [0.5, 0.6) is 0 Å². The van der Waals surface area contributed by atoms with Crippen LogP contribution in [0.15, 0.2) is 35.4 Å². The molecule has 3 aromatic rings. The molecule has 0 aliphatic rings. The highest BCUT2D eigenvalue weighted by molar-refractivity contribution is 7.20. The molecule has 22 heavy (non-hydrogen) atoms. The van der Waals surface area contributed by atoms with Crippen LogP contribution in [0.25, 0.3) is 10.2 Å². The van der Waals surface area contributed by atoms with E-state index in [0.29, 0.717) is 27.3 Å². The SMILES string of the molecule is Cc1c(C(=O)O)sc2ncn(Cc3ccc(Cl)cc3)c(=O)c12. The number of fused-ring (bicyclic) bond motifs is 1. The van der Waals surface area contributed by atoms with Crippen molar-refractivity contribution in [2.24, 2.45) is 0 Å². The molecule has 0 saturated carbocycles. The Morgan fingerprint density at radius 2 is 2.05 bits per heavy atom. The van der Waals surface area contributed by atoms with Gasteiger partial charge in [0.2, 0.25) is 0 Å². The number of carboxylic acid groups (broad SMARTS) is 1. The Kier molecular flexibility index (Phi) is 3.72. The molecule has 5 nitrogen and oxygen atoms in total. The molecule has 0 amide bonds. The number of hydrogen-bond donors (Lipinski definition) is 1. The van der Waals surface area contributed by atoms with Gasteiger partial charge in [-0.1, -0.05) is 23.7 Å². The summed E-state index contributed by atoms with van der Waals surface area (Å²) in [5.41, 5.74) is 1.15. The second-order valence-corrected chi connectivity index (χ2v) is 6.28. The topological polar surface area (TPSA) is 72.2 Å². The molecule has 2 aromatic heterocycles. The zero-order valence-corrected chi connectivity index (χ0v) is 13.1. The number of aromatic nitrogens is 2. The number of thiophene rings is 1. The minimum Gasteiger partial charge on any atom is -0.477 e. The second kappa shape index (κ2) is 5.55. The van der Waals surface area contributed by atoms with Gasteiger partial charge in [0, 0.05) is 5.02 Å². The van der Waals surface area contributed by atoms with E-state index in [9.17, 15) is 9.59 Å². The third kappa shape index (κ3) is 2.51.